The van der Waals surface area contributed by atoms with Crippen LogP contribution in [0.4, 0.5) is 8.78 Å². The average Bonchev–Trinajstić information content (AvgIpc) is 2.59. The Morgan fingerprint density at radius 3 is 2.75 bits per heavy atom. The van der Waals surface area contributed by atoms with Crippen molar-refractivity contribution in [1.82, 2.24) is 10.2 Å². The summed E-state index contributed by atoms with van der Waals surface area (Å²) in [7, 11) is 0. The molecule has 1 heterocycles. The maximum atomic E-state index is 12.9. The topological polar surface area (TPSA) is 15.3 Å². The molecule has 4 heteroatoms. The maximum Gasteiger partial charge on any atom is 0.261 e. The van der Waals surface area contributed by atoms with E-state index in [1.54, 1.807) is 0 Å². The standard InChI is InChI=1S/C12H20F2N2/c1-3-5-7-16(4-2)8-6-11-9-12(13,14)10-15-11/h1,11,15H,4-10H2,2H3. The maximum absolute atomic E-state index is 12.9. The van der Waals surface area contributed by atoms with Crippen LogP contribution in [-0.4, -0.2) is 43.0 Å². The molecule has 0 aromatic rings. The summed E-state index contributed by atoms with van der Waals surface area (Å²) in [5.74, 6) is 0.0829. The molecule has 0 aromatic carbocycles. The Morgan fingerprint density at radius 1 is 1.50 bits per heavy atom. The van der Waals surface area contributed by atoms with Crippen molar-refractivity contribution in [3.63, 3.8) is 0 Å². The van der Waals surface area contributed by atoms with Crippen LogP contribution in [0.15, 0.2) is 0 Å². The minimum atomic E-state index is -2.51. The number of rotatable bonds is 6. The Labute approximate surface area is 96.4 Å². The first-order valence-corrected chi connectivity index (χ1v) is 5.84. The van der Waals surface area contributed by atoms with E-state index in [4.69, 9.17) is 6.42 Å². The van der Waals surface area contributed by atoms with E-state index in [0.717, 1.165) is 32.5 Å². The van der Waals surface area contributed by atoms with Gasteiger partial charge in [-0.2, -0.15) is 0 Å². The van der Waals surface area contributed by atoms with Gasteiger partial charge < -0.3 is 10.2 Å². The van der Waals surface area contributed by atoms with Gasteiger partial charge in [-0.3, -0.25) is 0 Å². The third-order valence-corrected chi connectivity index (χ3v) is 3.01. The van der Waals surface area contributed by atoms with Gasteiger partial charge in [0, 0.05) is 25.4 Å². The molecule has 1 fully saturated rings. The molecule has 1 aliphatic heterocycles. The Bertz CT molecular complexity index is 248. The number of hydrogen-bond donors (Lipinski definition) is 1. The third kappa shape index (κ3) is 4.46. The summed E-state index contributed by atoms with van der Waals surface area (Å²) in [6.07, 6.45) is 6.67. The van der Waals surface area contributed by atoms with E-state index in [-0.39, 0.29) is 19.0 Å². The second-order valence-corrected chi connectivity index (χ2v) is 4.31. The summed E-state index contributed by atoms with van der Waals surface area (Å²) in [5, 5.41) is 2.87. The van der Waals surface area contributed by atoms with Crippen molar-refractivity contribution in [1.29, 1.82) is 0 Å². The van der Waals surface area contributed by atoms with E-state index in [9.17, 15) is 8.78 Å². The van der Waals surface area contributed by atoms with E-state index in [0.29, 0.717) is 0 Å². The van der Waals surface area contributed by atoms with E-state index >= 15 is 0 Å². The number of alkyl halides is 2. The van der Waals surface area contributed by atoms with Crippen LogP contribution in [0, 0.1) is 12.3 Å². The fourth-order valence-electron chi connectivity index (χ4n) is 1.99. The largest absolute Gasteiger partial charge is 0.308 e. The highest BCUT2D eigenvalue weighted by atomic mass is 19.3. The summed E-state index contributed by atoms with van der Waals surface area (Å²) >= 11 is 0. The minimum absolute atomic E-state index is 0.0281. The van der Waals surface area contributed by atoms with Crippen LogP contribution >= 0.6 is 0 Å². The summed E-state index contributed by atoms with van der Waals surface area (Å²) in [6.45, 7) is 4.51. The molecule has 0 bridgehead atoms. The fraction of sp³-hybridized carbons (Fsp3) is 0.833. The zero-order chi connectivity index (χ0) is 12.0. The van der Waals surface area contributed by atoms with Crippen molar-refractivity contribution in [2.75, 3.05) is 26.2 Å². The van der Waals surface area contributed by atoms with Crippen LogP contribution < -0.4 is 5.32 Å². The number of hydrogen-bond acceptors (Lipinski definition) is 2. The van der Waals surface area contributed by atoms with Gasteiger partial charge in [-0.15, -0.1) is 12.3 Å². The van der Waals surface area contributed by atoms with Gasteiger partial charge in [0.2, 0.25) is 0 Å². The van der Waals surface area contributed by atoms with Gasteiger partial charge in [-0.1, -0.05) is 6.92 Å². The van der Waals surface area contributed by atoms with Crippen LogP contribution in [-0.2, 0) is 0 Å². The average molecular weight is 230 g/mol. The molecule has 2 nitrogen and oxygen atoms in total. The lowest BCUT2D eigenvalue weighted by Gasteiger charge is -2.21. The van der Waals surface area contributed by atoms with Crippen molar-refractivity contribution in [3.8, 4) is 12.3 Å². The highest BCUT2D eigenvalue weighted by molar-refractivity contribution is 4.88. The molecule has 0 saturated carbocycles. The highest BCUT2D eigenvalue weighted by Gasteiger charge is 2.38. The van der Waals surface area contributed by atoms with Crippen LogP contribution in [0.3, 0.4) is 0 Å². The number of terminal acetylenes is 1. The molecule has 0 aliphatic carbocycles. The second kappa shape index (κ2) is 6.17. The van der Waals surface area contributed by atoms with E-state index in [1.165, 1.54) is 0 Å². The Morgan fingerprint density at radius 2 is 2.25 bits per heavy atom. The van der Waals surface area contributed by atoms with Gasteiger partial charge in [-0.25, -0.2) is 8.78 Å². The van der Waals surface area contributed by atoms with Crippen molar-refractivity contribution in [2.45, 2.75) is 38.2 Å². The molecule has 1 aliphatic rings. The molecule has 1 N–H and O–H groups in total. The zero-order valence-electron chi connectivity index (χ0n) is 9.81. The van der Waals surface area contributed by atoms with Crippen molar-refractivity contribution >= 4 is 0 Å². The Kier molecular flexibility index (Phi) is 5.17. The highest BCUT2D eigenvalue weighted by Crippen LogP contribution is 2.26. The molecule has 0 spiro atoms. The molecule has 1 rings (SSSR count). The molecule has 16 heavy (non-hydrogen) atoms. The smallest absolute Gasteiger partial charge is 0.261 e. The molecule has 0 aromatic heterocycles. The van der Waals surface area contributed by atoms with E-state index in [2.05, 4.69) is 23.1 Å². The van der Waals surface area contributed by atoms with Gasteiger partial charge in [0.15, 0.2) is 0 Å². The first-order valence-electron chi connectivity index (χ1n) is 5.84. The molecular formula is C12H20F2N2. The predicted molar refractivity (Wildman–Crippen MR) is 61.5 cm³/mol. The quantitative estimate of drug-likeness (QED) is 0.699. The van der Waals surface area contributed by atoms with Crippen molar-refractivity contribution < 1.29 is 8.78 Å². The molecular weight excluding hydrogens is 210 g/mol. The zero-order valence-corrected chi connectivity index (χ0v) is 9.81. The second-order valence-electron chi connectivity index (χ2n) is 4.31. The van der Waals surface area contributed by atoms with E-state index < -0.39 is 5.92 Å². The number of halogens is 2. The predicted octanol–water partition coefficient (Wildman–Crippen LogP) is 1.72. The van der Waals surface area contributed by atoms with Gasteiger partial charge >= 0.3 is 0 Å². The monoisotopic (exact) mass is 230 g/mol. The summed E-state index contributed by atoms with van der Waals surface area (Å²) in [4.78, 5) is 2.21. The number of nitrogens with zero attached hydrogens (tertiary/aromatic N) is 1. The first-order chi connectivity index (χ1) is 7.57. The Balaban J connectivity index is 2.21. The lowest BCUT2D eigenvalue weighted by molar-refractivity contribution is 0.0206. The Hall–Kier alpha value is -0.660. The minimum Gasteiger partial charge on any atom is -0.308 e. The fourth-order valence-corrected chi connectivity index (χ4v) is 1.99. The third-order valence-electron chi connectivity index (χ3n) is 3.01. The molecule has 1 atom stereocenters. The van der Waals surface area contributed by atoms with Crippen LogP contribution in [0.2, 0.25) is 0 Å². The summed E-state index contributed by atoms with van der Waals surface area (Å²) < 4.78 is 25.8. The molecule has 1 saturated heterocycles. The summed E-state index contributed by atoms with van der Waals surface area (Å²) in [6, 6.07) is -0.0464. The van der Waals surface area contributed by atoms with Gasteiger partial charge in [0.1, 0.15) is 0 Å². The van der Waals surface area contributed by atoms with Gasteiger partial charge in [0.25, 0.3) is 5.92 Å². The lowest BCUT2D eigenvalue weighted by atomic mass is 10.1. The molecule has 0 radical (unpaired) electrons. The molecule has 1 unspecified atom stereocenters. The molecule has 92 valence electrons. The first kappa shape index (κ1) is 13.4. The van der Waals surface area contributed by atoms with Gasteiger partial charge in [-0.05, 0) is 19.5 Å². The summed E-state index contributed by atoms with van der Waals surface area (Å²) in [5.41, 5.74) is 0. The molecule has 0 amide bonds. The normalized spacial score (nSPS) is 23.6. The van der Waals surface area contributed by atoms with Gasteiger partial charge in [0.05, 0.1) is 6.54 Å². The number of nitrogens with one attached hydrogen (secondary N) is 1. The van der Waals surface area contributed by atoms with Crippen LogP contribution in [0.1, 0.15) is 26.2 Å². The van der Waals surface area contributed by atoms with Crippen molar-refractivity contribution in [3.05, 3.63) is 0 Å². The van der Waals surface area contributed by atoms with Crippen LogP contribution in [0.5, 0.6) is 0 Å². The SMILES string of the molecule is C#CCCN(CC)CCC1CC(F)(F)CN1. The van der Waals surface area contributed by atoms with E-state index in [1.807, 2.05) is 0 Å². The van der Waals surface area contributed by atoms with Crippen LogP contribution in [0.25, 0.3) is 0 Å². The lowest BCUT2D eigenvalue weighted by Crippen LogP contribution is -2.31. The van der Waals surface area contributed by atoms with Crippen molar-refractivity contribution in [2.24, 2.45) is 0 Å².